The summed E-state index contributed by atoms with van der Waals surface area (Å²) < 4.78 is 16.0. The van der Waals surface area contributed by atoms with Crippen molar-refractivity contribution in [2.45, 2.75) is 32.2 Å². The summed E-state index contributed by atoms with van der Waals surface area (Å²) in [4.78, 5) is 17.1. The van der Waals surface area contributed by atoms with E-state index in [0.29, 0.717) is 17.4 Å². The van der Waals surface area contributed by atoms with Crippen LogP contribution >= 0.6 is 0 Å². The van der Waals surface area contributed by atoms with Gasteiger partial charge >= 0.3 is 0 Å². The van der Waals surface area contributed by atoms with E-state index in [9.17, 15) is 4.79 Å². The molecule has 2 heterocycles. The van der Waals surface area contributed by atoms with Crippen molar-refractivity contribution in [2.75, 3.05) is 40.9 Å². The van der Waals surface area contributed by atoms with Crippen molar-refractivity contribution < 1.29 is 18.7 Å². The number of carbonyl (C=O) groups is 1. The van der Waals surface area contributed by atoms with Gasteiger partial charge in [0.15, 0.2) is 11.5 Å². The Kier molecular flexibility index (Phi) is 6.62. The smallest absolute Gasteiger partial charge is 0.257 e. The molecule has 1 aromatic carbocycles. The van der Waals surface area contributed by atoms with E-state index in [1.54, 1.807) is 26.5 Å². The highest BCUT2D eigenvalue weighted by Gasteiger charge is 2.28. The standard InChI is InChI=1S/C22H30N2O4/c1-16-19(10-13-28-16)22(25)24-11-5-6-18(15-24)23(2)12-9-17-7-8-20(26-3)21(14-17)27-4/h7-8,10,13-14,18H,5-6,9,11-12,15H2,1-4H3/t18-/m0/s1. The van der Waals surface area contributed by atoms with Gasteiger partial charge in [-0.05, 0) is 57.0 Å². The van der Waals surface area contributed by atoms with Crippen molar-refractivity contribution in [3.05, 3.63) is 47.4 Å². The molecule has 0 unspecified atom stereocenters. The number of rotatable bonds is 7. The SMILES string of the molecule is COc1ccc(CCN(C)[C@H]2CCCN(C(=O)c3ccoc3C)C2)cc1OC. The zero-order valence-corrected chi connectivity index (χ0v) is 17.2. The molecule has 1 aliphatic rings. The predicted octanol–water partition coefficient (Wildman–Crippen LogP) is 3.38. The molecule has 0 radical (unpaired) electrons. The summed E-state index contributed by atoms with van der Waals surface area (Å²) >= 11 is 0. The molecule has 3 rings (SSSR count). The Morgan fingerprint density at radius 2 is 2.04 bits per heavy atom. The van der Waals surface area contributed by atoms with Crippen molar-refractivity contribution in [2.24, 2.45) is 0 Å². The van der Waals surface area contributed by atoms with Crippen molar-refractivity contribution in [3.63, 3.8) is 0 Å². The largest absolute Gasteiger partial charge is 0.493 e. The zero-order valence-electron chi connectivity index (χ0n) is 17.2. The fourth-order valence-electron chi connectivity index (χ4n) is 3.80. The first kappa shape index (κ1) is 20.3. The van der Waals surface area contributed by atoms with Crippen LogP contribution in [0.2, 0.25) is 0 Å². The van der Waals surface area contributed by atoms with E-state index in [0.717, 1.165) is 50.4 Å². The maximum absolute atomic E-state index is 12.8. The summed E-state index contributed by atoms with van der Waals surface area (Å²) in [5, 5.41) is 0. The number of methoxy groups -OCH3 is 2. The summed E-state index contributed by atoms with van der Waals surface area (Å²) in [7, 11) is 5.44. The minimum atomic E-state index is 0.0734. The highest BCUT2D eigenvalue weighted by atomic mass is 16.5. The number of piperidine rings is 1. The highest BCUT2D eigenvalue weighted by Crippen LogP contribution is 2.28. The molecule has 1 fully saturated rings. The molecule has 1 amide bonds. The van der Waals surface area contributed by atoms with Gasteiger partial charge in [-0.2, -0.15) is 0 Å². The van der Waals surface area contributed by atoms with Crippen LogP contribution in [0, 0.1) is 6.92 Å². The Bertz CT molecular complexity index is 802. The topological polar surface area (TPSA) is 55.2 Å². The normalized spacial score (nSPS) is 17.0. The number of ether oxygens (including phenoxy) is 2. The molecule has 0 spiro atoms. The monoisotopic (exact) mass is 386 g/mol. The molecule has 6 nitrogen and oxygen atoms in total. The highest BCUT2D eigenvalue weighted by molar-refractivity contribution is 5.95. The minimum Gasteiger partial charge on any atom is -0.493 e. The number of aryl methyl sites for hydroxylation is 1. The first-order chi connectivity index (χ1) is 13.5. The molecule has 1 saturated heterocycles. The van der Waals surface area contributed by atoms with Gasteiger partial charge in [0.05, 0.1) is 26.0 Å². The fourth-order valence-corrected chi connectivity index (χ4v) is 3.80. The number of nitrogens with zero attached hydrogens (tertiary/aromatic N) is 2. The van der Waals surface area contributed by atoms with E-state index in [4.69, 9.17) is 13.9 Å². The van der Waals surface area contributed by atoms with Crippen molar-refractivity contribution >= 4 is 5.91 Å². The molecule has 1 atom stereocenters. The first-order valence-corrected chi connectivity index (χ1v) is 9.78. The van der Waals surface area contributed by atoms with Gasteiger partial charge in [-0.1, -0.05) is 6.07 Å². The van der Waals surface area contributed by atoms with Gasteiger partial charge in [-0.25, -0.2) is 0 Å². The number of carbonyl (C=O) groups excluding carboxylic acids is 1. The van der Waals surface area contributed by atoms with Crippen LogP contribution in [0.15, 0.2) is 34.9 Å². The van der Waals surface area contributed by atoms with Crippen LogP contribution in [0.1, 0.15) is 34.5 Å². The maximum Gasteiger partial charge on any atom is 0.257 e. The third-order valence-electron chi connectivity index (χ3n) is 5.60. The summed E-state index contributed by atoms with van der Waals surface area (Å²) in [6, 6.07) is 8.19. The number of likely N-dealkylation sites (N-methyl/N-ethyl adjacent to an activating group) is 1. The second-order valence-corrected chi connectivity index (χ2v) is 7.36. The quantitative estimate of drug-likeness (QED) is 0.730. The molecule has 1 aliphatic heterocycles. The molecular formula is C22H30N2O4. The Morgan fingerprint density at radius 3 is 2.71 bits per heavy atom. The van der Waals surface area contributed by atoms with E-state index in [1.165, 1.54) is 5.56 Å². The van der Waals surface area contributed by atoms with E-state index < -0.39 is 0 Å². The van der Waals surface area contributed by atoms with Gasteiger partial charge in [0.2, 0.25) is 0 Å². The molecule has 1 aromatic heterocycles. The Balaban J connectivity index is 1.58. The second kappa shape index (κ2) is 9.15. The number of amides is 1. The van der Waals surface area contributed by atoms with Gasteiger partial charge in [0, 0.05) is 25.7 Å². The van der Waals surface area contributed by atoms with E-state index in [-0.39, 0.29) is 5.91 Å². The lowest BCUT2D eigenvalue weighted by molar-refractivity contribution is 0.0610. The molecule has 152 valence electrons. The summed E-state index contributed by atoms with van der Waals surface area (Å²) in [6.45, 7) is 4.33. The van der Waals surface area contributed by atoms with E-state index in [2.05, 4.69) is 18.0 Å². The number of benzene rings is 1. The second-order valence-electron chi connectivity index (χ2n) is 7.36. The molecule has 0 aliphatic carbocycles. The van der Waals surface area contributed by atoms with Gasteiger partial charge in [0.25, 0.3) is 5.91 Å². The fraction of sp³-hybridized carbons (Fsp3) is 0.500. The van der Waals surface area contributed by atoms with Gasteiger partial charge in [-0.3, -0.25) is 4.79 Å². The minimum absolute atomic E-state index is 0.0734. The van der Waals surface area contributed by atoms with E-state index >= 15 is 0 Å². The number of hydrogen-bond acceptors (Lipinski definition) is 5. The van der Waals surface area contributed by atoms with E-state index in [1.807, 2.05) is 24.0 Å². The Labute approximate surface area is 167 Å². The maximum atomic E-state index is 12.8. The molecule has 6 heteroatoms. The molecular weight excluding hydrogens is 356 g/mol. The lowest BCUT2D eigenvalue weighted by Crippen LogP contribution is -2.49. The Morgan fingerprint density at radius 1 is 1.25 bits per heavy atom. The summed E-state index contributed by atoms with van der Waals surface area (Å²) in [5.74, 6) is 2.27. The molecule has 0 bridgehead atoms. The predicted molar refractivity (Wildman–Crippen MR) is 108 cm³/mol. The van der Waals surface area contributed by atoms with Crippen LogP contribution in [-0.2, 0) is 6.42 Å². The van der Waals surface area contributed by atoms with Crippen molar-refractivity contribution in [1.82, 2.24) is 9.80 Å². The van der Waals surface area contributed by atoms with Crippen molar-refractivity contribution in [3.8, 4) is 11.5 Å². The lowest BCUT2D eigenvalue weighted by atomic mass is 10.0. The number of furan rings is 1. The van der Waals surface area contributed by atoms with Crippen LogP contribution in [0.3, 0.4) is 0 Å². The molecule has 2 aromatic rings. The Hall–Kier alpha value is -2.47. The number of hydrogen-bond donors (Lipinski definition) is 0. The molecule has 0 saturated carbocycles. The lowest BCUT2D eigenvalue weighted by Gasteiger charge is -2.37. The average Bonchev–Trinajstić information content (AvgIpc) is 3.17. The summed E-state index contributed by atoms with van der Waals surface area (Å²) in [6.07, 6.45) is 4.63. The number of likely N-dealkylation sites (tertiary alicyclic amines) is 1. The van der Waals surface area contributed by atoms with Crippen LogP contribution < -0.4 is 9.47 Å². The zero-order chi connectivity index (χ0) is 20.1. The van der Waals surface area contributed by atoms with Gasteiger partial charge in [-0.15, -0.1) is 0 Å². The van der Waals surface area contributed by atoms with Crippen molar-refractivity contribution in [1.29, 1.82) is 0 Å². The van der Waals surface area contributed by atoms with Crippen LogP contribution in [0.4, 0.5) is 0 Å². The van der Waals surface area contributed by atoms with Crippen LogP contribution in [0.5, 0.6) is 11.5 Å². The third-order valence-corrected chi connectivity index (χ3v) is 5.60. The third kappa shape index (κ3) is 4.50. The summed E-state index contributed by atoms with van der Waals surface area (Å²) in [5.41, 5.74) is 1.89. The molecule has 0 N–H and O–H groups in total. The van der Waals surface area contributed by atoms with Gasteiger partial charge in [0.1, 0.15) is 5.76 Å². The van der Waals surface area contributed by atoms with Crippen LogP contribution in [0.25, 0.3) is 0 Å². The first-order valence-electron chi connectivity index (χ1n) is 9.78. The van der Waals surface area contributed by atoms with Gasteiger partial charge < -0.3 is 23.7 Å². The van der Waals surface area contributed by atoms with Crippen LogP contribution in [-0.4, -0.2) is 62.7 Å². The average molecular weight is 386 g/mol. The molecule has 28 heavy (non-hydrogen) atoms.